The van der Waals surface area contributed by atoms with Crippen LogP contribution in [-0.2, 0) is 10.0 Å². The van der Waals surface area contributed by atoms with Crippen LogP contribution in [0.3, 0.4) is 0 Å². The first-order chi connectivity index (χ1) is 9.23. The molecule has 0 saturated carbocycles. The van der Waals surface area contributed by atoms with E-state index in [0.29, 0.717) is 4.31 Å². The predicted molar refractivity (Wildman–Crippen MR) is 68.0 cm³/mol. The smallest absolute Gasteiger partial charge is 0.263 e. The Balaban J connectivity index is 2.45. The molecule has 1 aromatic carbocycles. The molecule has 1 aliphatic heterocycles. The van der Waals surface area contributed by atoms with Crippen LogP contribution in [0.2, 0.25) is 0 Å². The maximum absolute atomic E-state index is 12.9. The zero-order valence-electron chi connectivity index (χ0n) is 10.7. The summed E-state index contributed by atoms with van der Waals surface area (Å²) in [4.78, 5) is 3.17. The van der Waals surface area contributed by atoms with Gasteiger partial charge < -0.3 is 0 Å². The van der Waals surface area contributed by atoms with E-state index < -0.39 is 22.0 Å². The molecular weight excluding hydrogens is 293 g/mol. The van der Waals surface area contributed by atoms with Crippen molar-refractivity contribution < 1.29 is 21.6 Å². The highest BCUT2D eigenvalue weighted by Gasteiger charge is 2.45. The van der Waals surface area contributed by atoms with Crippen LogP contribution in [0.4, 0.5) is 13.2 Å². The van der Waals surface area contributed by atoms with Gasteiger partial charge >= 0.3 is 6.18 Å². The molecule has 0 amide bonds. The molecule has 8 heteroatoms. The second-order valence-corrected chi connectivity index (χ2v) is 6.31. The number of aliphatic imine (C=N–C) groups is 1. The highest BCUT2D eigenvalue weighted by Crippen LogP contribution is 2.27. The quantitative estimate of drug-likeness (QED) is 0.842. The van der Waals surface area contributed by atoms with Gasteiger partial charge in [-0.05, 0) is 25.5 Å². The second-order valence-electron chi connectivity index (χ2n) is 4.45. The van der Waals surface area contributed by atoms with Gasteiger partial charge in [0.15, 0.2) is 0 Å². The molecule has 2 rings (SSSR count). The molecular formula is C12H13F3N2O2S. The zero-order valence-corrected chi connectivity index (χ0v) is 11.5. The molecule has 1 aliphatic rings. The standard InChI is InChI=1S/C12H13F3N2O2S/c1-9-3-5-10(6-4-9)20(18,19)17-8-2-7-16-11(17)12(13,14)15/h3-6H,2,7-8H2,1H3. The number of alkyl halides is 3. The molecule has 0 saturated heterocycles. The molecule has 0 unspecified atom stereocenters. The Bertz CT molecular complexity index is 621. The van der Waals surface area contributed by atoms with Crippen LogP contribution in [0, 0.1) is 6.92 Å². The van der Waals surface area contributed by atoms with Crippen molar-refractivity contribution in [1.29, 1.82) is 0 Å². The van der Waals surface area contributed by atoms with Crippen LogP contribution in [0.15, 0.2) is 34.2 Å². The van der Waals surface area contributed by atoms with Gasteiger partial charge in [0, 0.05) is 13.1 Å². The number of halogens is 3. The van der Waals surface area contributed by atoms with Crippen molar-refractivity contribution in [1.82, 2.24) is 4.31 Å². The van der Waals surface area contributed by atoms with Crippen LogP contribution in [0.5, 0.6) is 0 Å². The Morgan fingerprint density at radius 3 is 2.35 bits per heavy atom. The third-order valence-corrected chi connectivity index (χ3v) is 4.68. The predicted octanol–water partition coefficient (Wildman–Crippen LogP) is 2.35. The first-order valence-corrected chi connectivity index (χ1v) is 7.38. The fourth-order valence-corrected chi connectivity index (χ4v) is 3.38. The normalized spacial score (nSPS) is 17.0. The topological polar surface area (TPSA) is 49.7 Å². The lowest BCUT2D eigenvalue weighted by molar-refractivity contribution is -0.0664. The van der Waals surface area contributed by atoms with Crippen molar-refractivity contribution in [2.75, 3.05) is 13.1 Å². The average Bonchev–Trinajstić information content (AvgIpc) is 2.38. The summed E-state index contributed by atoms with van der Waals surface area (Å²) < 4.78 is 63.5. The minimum Gasteiger partial charge on any atom is -0.263 e. The Morgan fingerprint density at radius 2 is 1.80 bits per heavy atom. The van der Waals surface area contributed by atoms with Crippen LogP contribution >= 0.6 is 0 Å². The first-order valence-electron chi connectivity index (χ1n) is 5.94. The molecule has 20 heavy (non-hydrogen) atoms. The highest BCUT2D eigenvalue weighted by molar-refractivity contribution is 7.89. The molecule has 0 fully saturated rings. The van der Waals surface area contributed by atoms with Crippen molar-refractivity contribution in [3.63, 3.8) is 0 Å². The Morgan fingerprint density at radius 1 is 1.20 bits per heavy atom. The minimum atomic E-state index is -4.78. The average molecular weight is 306 g/mol. The van der Waals surface area contributed by atoms with Gasteiger partial charge in [0.1, 0.15) is 0 Å². The van der Waals surface area contributed by atoms with Crippen molar-refractivity contribution in [3.05, 3.63) is 29.8 Å². The van der Waals surface area contributed by atoms with E-state index in [1.807, 2.05) is 0 Å². The van der Waals surface area contributed by atoms with Crippen molar-refractivity contribution >= 4 is 15.9 Å². The molecule has 110 valence electrons. The van der Waals surface area contributed by atoms with Crippen molar-refractivity contribution in [2.45, 2.75) is 24.4 Å². The summed E-state index contributed by atoms with van der Waals surface area (Å²) in [5.41, 5.74) is 0.826. The molecule has 1 aromatic rings. The fraction of sp³-hybridized carbons (Fsp3) is 0.417. The van der Waals surface area contributed by atoms with E-state index in [4.69, 9.17) is 0 Å². The Kier molecular flexibility index (Phi) is 3.77. The molecule has 0 bridgehead atoms. The van der Waals surface area contributed by atoms with Gasteiger partial charge in [-0.1, -0.05) is 17.7 Å². The molecule has 4 nitrogen and oxygen atoms in total. The van der Waals surface area contributed by atoms with E-state index in [-0.39, 0.29) is 24.4 Å². The third kappa shape index (κ3) is 2.79. The van der Waals surface area contributed by atoms with Gasteiger partial charge in [-0.15, -0.1) is 0 Å². The number of hydrogen-bond donors (Lipinski definition) is 0. The van der Waals surface area contributed by atoms with E-state index in [0.717, 1.165) is 5.56 Å². The lowest BCUT2D eigenvalue weighted by atomic mass is 10.2. The van der Waals surface area contributed by atoms with Crippen molar-refractivity contribution in [2.24, 2.45) is 4.99 Å². The van der Waals surface area contributed by atoms with Crippen LogP contribution in [0.1, 0.15) is 12.0 Å². The van der Waals surface area contributed by atoms with Gasteiger partial charge in [-0.25, -0.2) is 12.7 Å². The zero-order chi connectivity index (χ0) is 15.0. The van der Waals surface area contributed by atoms with Crippen LogP contribution in [-0.4, -0.2) is 37.8 Å². The largest absolute Gasteiger partial charge is 0.450 e. The molecule has 0 aliphatic carbocycles. The van der Waals surface area contributed by atoms with E-state index in [9.17, 15) is 21.6 Å². The van der Waals surface area contributed by atoms with Crippen molar-refractivity contribution in [3.8, 4) is 0 Å². The minimum absolute atomic E-state index is 0.0191. The molecule has 0 N–H and O–H groups in total. The lowest BCUT2D eigenvalue weighted by Crippen LogP contribution is -2.47. The van der Waals surface area contributed by atoms with Gasteiger partial charge in [-0.2, -0.15) is 13.2 Å². The number of aryl methyl sites for hydroxylation is 1. The van der Waals surface area contributed by atoms with Gasteiger partial charge in [0.25, 0.3) is 10.0 Å². The van der Waals surface area contributed by atoms with E-state index in [1.165, 1.54) is 12.1 Å². The fourth-order valence-electron chi connectivity index (χ4n) is 1.89. The maximum atomic E-state index is 12.9. The third-order valence-electron chi connectivity index (χ3n) is 2.88. The number of amidine groups is 1. The summed E-state index contributed by atoms with van der Waals surface area (Å²) in [5.74, 6) is -1.34. The Labute approximate surface area is 115 Å². The molecule has 0 atom stereocenters. The summed E-state index contributed by atoms with van der Waals surface area (Å²) in [6, 6.07) is 5.68. The van der Waals surface area contributed by atoms with E-state index in [1.54, 1.807) is 19.1 Å². The maximum Gasteiger partial charge on any atom is 0.450 e. The highest BCUT2D eigenvalue weighted by atomic mass is 32.2. The summed E-state index contributed by atoms with van der Waals surface area (Å²) in [6.45, 7) is 1.53. The van der Waals surface area contributed by atoms with Crippen LogP contribution in [0.25, 0.3) is 0 Å². The van der Waals surface area contributed by atoms with Gasteiger partial charge in [0.2, 0.25) is 5.84 Å². The lowest BCUT2D eigenvalue weighted by Gasteiger charge is -2.29. The summed E-state index contributed by atoms with van der Waals surface area (Å²) >= 11 is 0. The molecule has 0 radical (unpaired) electrons. The van der Waals surface area contributed by atoms with Gasteiger partial charge in [-0.3, -0.25) is 4.99 Å². The van der Waals surface area contributed by atoms with Crippen LogP contribution < -0.4 is 0 Å². The number of benzene rings is 1. The Hall–Kier alpha value is -1.57. The summed E-state index contributed by atoms with van der Waals surface area (Å²) in [7, 11) is -4.23. The molecule has 1 heterocycles. The number of nitrogens with zero attached hydrogens (tertiary/aromatic N) is 2. The monoisotopic (exact) mass is 306 g/mol. The number of hydrogen-bond acceptors (Lipinski definition) is 3. The number of sulfonamides is 1. The SMILES string of the molecule is Cc1ccc(S(=O)(=O)N2CCCN=C2C(F)(F)F)cc1. The van der Waals surface area contributed by atoms with E-state index in [2.05, 4.69) is 4.99 Å². The molecule has 0 spiro atoms. The summed E-state index contributed by atoms with van der Waals surface area (Å²) in [5, 5.41) is 0. The van der Waals surface area contributed by atoms with E-state index >= 15 is 0 Å². The first kappa shape index (κ1) is 14.8. The second kappa shape index (κ2) is 5.08. The molecule has 0 aromatic heterocycles. The number of rotatable bonds is 2. The summed E-state index contributed by atoms with van der Waals surface area (Å²) in [6.07, 6.45) is -4.51. The van der Waals surface area contributed by atoms with Gasteiger partial charge in [0.05, 0.1) is 4.90 Å².